The highest BCUT2D eigenvalue weighted by molar-refractivity contribution is 9.10. The van der Waals surface area contributed by atoms with Gasteiger partial charge in [0.25, 0.3) is 5.56 Å². The summed E-state index contributed by atoms with van der Waals surface area (Å²) in [7, 11) is 0. The molecule has 6 rings (SSSR count). The van der Waals surface area contributed by atoms with Gasteiger partial charge in [0.2, 0.25) is 0 Å². The average molecular weight is 494 g/mol. The quantitative estimate of drug-likeness (QED) is 0.257. The number of aryl methyl sites for hydroxylation is 1. The smallest absolute Gasteiger partial charge is 0.340 e. The van der Waals surface area contributed by atoms with Crippen LogP contribution in [0.3, 0.4) is 0 Å². The zero-order valence-electron chi connectivity index (χ0n) is 17.8. The van der Waals surface area contributed by atoms with Crippen LogP contribution in [0.5, 0.6) is 0 Å². The van der Waals surface area contributed by atoms with Crippen molar-refractivity contribution in [2.45, 2.75) is 40.0 Å². The zero-order valence-corrected chi connectivity index (χ0v) is 19.4. The molecule has 0 saturated heterocycles. The summed E-state index contributed by atoms with van der Waals surface area (Å²) in [6.45, 7) is 6.29. The normalized spacial score (nSPS) is 16.2. The topological polar surface area (TPSA) is 94.3 Å². The SMILES string of the molecule is CC.Cc1c2c(nc3ccc4ncc(Br)cc4c13)-c1cc3c(c(=O)n1C2)COC(=O)C3O. The van der Waals surface area contributed by atoms with Gasteiger partial charge in [0.15, 0.2) is 6.10 Å². The van der Waals surface area contributed by atoms with Gasteiger partial charge in [0.1, 0.15) is 6.61 Å². The lowest BCUT2D eigenvalue weighted by Crippen LogP contribution is -2.32. The Balaban J connectivity index is 0.00000105. The lowest BCUT2D eigenvalue weighted by molar-refractivity contribution is -0.157. The summed E-state index contributed by atoms with van der Waals surface area (Å²) in [5.41, 5.74) is 5.35. The summed E-state index contributed by atoms with van der Waals surface area (Å²) in [4.78, 5) is 34.2. The van der Waals surface area contributed by atoms with Crippen LogP contribution in [0.4, 0.5) is 0 Å². The summed E-state index contributed by atoms with van der Waals surface area (Å²) < 4.78 is 7.48. The first-order chi connectivity index (χ1) is 15.4. The van der Waals surface area contributed by atoms with Crippen LogP contribution < -0.4 is 5.56 Å². The molecule has 1 aromatic carbocycles. The van der Waals surface area contributed by atoms with Crippen molar-refractivity contribution in [3.63, 3.8) is 0 Å². The number of benzene rings is 1. The second-order valence-corrected chi connectivity index (χ2v) is 8.52. The van der Waals surface area contributed by atoms with E-state index in [4.69, 9.17) is 9.72 Å². The Morgan fingerprint density at radius 3 is 2.69 bits per heavy atom. The molecule has 0 saturated carbocycles. The minimum atomic E-state index is -1.45. The Morgan fingerprint density at radius 2 is 1.91 bits per heavy atom. The number of hydrogen-bond acceptors (Lipinski definition) is 6. The van der Waals surface area contributed by atoms with Crippen LogP contribution >= 0.6 is 15.9 Å². The number of halogens is 1. The van der Waals surface area contributed by atoms with Crippen molar-refractivity contribution in [3.05, 3.63) is 67.5 Å². The number of nitrogens with zero attached hydrogens (tertiary/aromatic N) is 3. The monoisotopic (exact) mass is 493 g/mol. The predicted molar refractivity (Wildman–Crippen MR) is 124 cm³/mol. The third-order valence-electron chi connectivity index (χ3n) is 6.03. The molecule has 162 valence electrons. The van der Waals surface area contributed by atoms with Gasteiger partial charge in [-0.05, 0) is 52.7 Å². The molecule has 1 unspecified atom stereocenters. The molecule has 7 nitrogen and oxygen atoms in total. The minimum Gasteiger partial charge on any atom is -0.458 e. The van der Waals surface area contributed by atoms with E-state index < -0.39 is 12.1 Å². The molecule has 1 atom stereocenters. The van der Waals surface area contributed by atoms with E-state index in [9.17, 15) is 14.7 Å². The van der Waals surface area contributed by atoms with Gasteiger partial charge in [-0.3, -0.25) is 9.78 Å². The Morgan fingerprint density at radius 1 is 1.16 bits per heavy atom. The van der Waals surface area contributed by atoms with E-state index in [0.29, 0.717) is 29.1 Å². The summed E-state index contributed by atoms with van der Waals surface area (Å²) in [6, 6.07) is 7.58. The molecule has 1 N–H and O–H groups in total. The fourth-order valence-electron chi connectivity index (χ4n) is 4.53. The van der Waals surface area contributed by atoms with Crippen LogP contribution in [0.25, 0.3) is 33.2 Å². The van der Waals surface area contributed by atoms with Crippen LogP contribution in [0, 0.1) is 6.92 Å². The fourth-order valence-corrected chi connectivity index (χ4v) is 4.86. The summed E-state index contributed by atoms with van der Waals surface area (Å²) in [6.07, 6.45) is 0.309. The second-order valence-electron chi connectivity index (χ2n) is 7.61. The summed E-state index contributed by atoms with van der Waals surface area (Å²) in [5, 5.41) is 12.2. The van der Waals surface area contributed by atoms with Gasteiger partial charge >= 0.3 is 5.97 Å². The lowest BCUT2D eigenvalue weighted by atomic mass is 9.97. The van der Waals surface area contributed by atoms with E-state index in [1.165, 1.54) is 0 Å². The number of rotatable bonds is 0. The largest absolute Gasteiger partial charge is 0.458 e. The van der Waals surface area contributed by atoms with Gasteiger partial charge in [0, 0.05) is 32.6 Å². The minimum absolute atomic E-state index is 0.126. The number of aliphatic hydroxyl groups excluding tert-OH is 1. The molecule has 0 radical (unpaired) electrons. The molecule has 32 heavy (non-hydrogen) atoms. The van der Waals surface area contributed by atoms with Crippen molar-refractivity contribution in [1.29, 1.82) is 0 Å². The predicted octanol–water partition coefficient (Wildman–Crippen LogP) is 4.16. The number of carbonyl (C=O) groups excluding carboxylic acids is 1. The van der Waals surface area contributed by atoms with Crippen LogP contribution in [-0.2, 0) is 22.7 Å². The maximum atomic E-state index is 13.1. The van der Waals surface area contributed by atoms with Gasteiger partial charge < -0.3 is 14.4 Å². The van der Waals surface area contributed by atoms with Crippen LogP contribution in [0.15, 0.2) is 39.7 Å². The second kappa shape index (κ2) is 7.50. The molecule has 4 aromatic rings. The van der Waals surface area contributed by atoms with Gasteiger partial charge in [-0.1, -0.05) is 13.8 Å². The number of hydrogen-bond donors (Lipinski definition) is 1. The van der Waals surface area contributed by atoms with Crippen LogP contribution in [0.1, 0.15) is 42.2 Å². The van der Waals surface area contributed by atoms with Crippen molar-refractivity contribution >= 4 is 43.7 Å². The van der Waals surface area contributed by atoms with E-state index in [1.807, 2.05) is 39.0 Å². The van der Waals surface area contributed by atoms with Gasteiger partial charge in [-0.2, -0.15) is 0 Å². The number of esters is 1. The van der Waals surface area contributed by atoms with Crippen molar-refractivity contribution in [1.82, 2.24) is 14.5 Å². The number of aliphatic hydroxyl groups is 1. The van der Waals surface area contributed by atoms with Crippen molar-refractivity contribution in [2.75, 3.05) is 0 Å². The Hall–Kier alpha value is -3.10. The number of fused-ring (bicyclic) bond motifs is 7. The molecule has 0 amide bonds. The van der Waals surface area contributed by atoms with Gasteiger partial charge in [-0.25, -0.2) is 9.78 Å². The first kappa shape index (κ1) is 20.8. The van der Waals surface area contributed by atoms with Crippen molar-refractivity contribution < 1.29 is 14.6 Å². The summed E-state index contributed by atoms with van der Waals surface area (Å²) in [5.74, 6) is -0.739. The number of pyridine rings is 3. The van der Waals surface area contributed by atoms with Crippen molar-refractivity contribution in [2.24, 2.45) is 0 Å². The van der Waals surface area contributed by atoms with E-state index in [-0.39, 0.29) is 12.2 Å². The van der Waals surface area contributed by atoms with E-state index in [0.717, 1.165) is 37.4 Å². The van der Waals surface area contributed by atoms with E-state index in [1.54, 1.807) is 16.8 Å². The van der Waals surface area contributed by atoms with E-state index >= 15 is 0 Å². The molecule has 3 aromatic heterocycles. The molecule has 5 heterocycles. The third-order valence-corrected chi connectivity index (χ3v) is 6.46. The van der Waals surface area contributed by atoms with E-state index in [2.05, 4.69) is 20.9 Å². The first-order valence-electron chi connectivity index (χ1n) is 10.4. The Bertz CT molecular complexity index is 1510. The van der Waals surface area contributed by atoms with Gasteiger partial charge in [-0.15, -0.1) is 0 Å². The third kappa shape index (κ3) is 2.83. The highest BCUT2D eigenvalue weighted by Gasteiger charge is 2.34. The van der Waals surface area contributed by atoms with Crippen molar-refractivity contribution in [3.8, 4) is 11.4 Å². The number of aromatic nitrogens is 3. The number of ether oxygens (including phenoxy) is 1. The molecule has 0 fully saturated rings. The molecular weight excluding hydrogens is 474 g/mol. The molecule has 2 aliphatic heterocycles. The first-order valence-corrected chi connectivity index (χ1v) is 11.2. The maximum absolute atomic E-state index is 13.1. The lowest BCUT2D eigenvalue weighted by Gasteiger charge is -2.21. The molecule has 0 aliphatic carbocycles. The Labute approximate surface area is 191 Å². The number of carbonyl (C=O) groups is 1. The fraction of sp³-hybridized carbons (Fsp3) is 0.250. The highest BCUT2D eigenvalue weighted by Crippen LogP contribution is 2.39. The van der Waals surface area contributed by atoms with Crippen LogP contribution in [0.2, 0.25) is 0 Å². The maximum Gasteiger partial charge on any atom is 0.340 e. The average Bonchev–Trinajstić information content (AvgIpc) is 3.17. The molecule has 2 aliphatic rings. The molecular formula is C24H20BrN3O4. The zero-order chi connectivity index (χ0) is 22.7. The van der Waals surface area contributed by atoms with Gasteiger partial charge in [0.05, 0.1) is 34.5 Å². The Kier molecular flexibility index (Phi) is 4.87. The standard InChI is InChI=1S/C22H14BrN3O4.C2H6/c1-9-13-7-26-17(5-11-14(21(26)28)8-30-22(29)20(11)27)19(13)25-16-3-2-15-12(18(9)16)4-10(23)6-24-15;1-2/h2-6,20,27H,7-8H2,1H3;1-2H3. The van der Waals surface area contributed by atoms with Crippen LogP contribution in [-0.4, -0.2) is 25.6 Å². The highest BCUT2D eigenvalue weighted by atomic mass is 79.9. The summed E-state index contributed by atoms with van der Waals surface area (Å²) >= 11 is 3.49. The molecule has 0 bridgehead atoms. The number of cyclic esters (lactones) is 1. The molecule has 8 heteroatoms. The molecule has 0 spiro atoms.